The molecule has 10 nitrogen and oxygen atoms in total. The van der Waals surface area contributed by atoms with Gasteiger partial charge in [0.2, 0.25) is 0 Å². The number of hydrogen-bond acceptors (Lipinski definition) is 9. The van der Waals surface area contributed by atoms with Gasteiger partial charge < -0.3 is 35.0 Å². The Kier molecular flexibility index (Phi) is 2.26. The van der Waals surface area contributed by atoms with Crippen molar-refractivity contribution in [3.05, 3.63) is 0 Å². The molecule has 0 radical (unpaired) electrons. The average Bonchev–Trinajstić information content (AvgIpc) is 2.36. The van der Waals surface area contributed by atoms with Gasteiger partial charge in [0.25, 0.3) is 0 Å². The second-order valence-corrected chi connectivity index (χ2v) is 6.34. The van der Waals surface area contributed by atoms with Crippen LogP contribution in [0, 0.1) is 5.92 Å². The van der Waals surface area contributed by atoms with Gasteiger partial charge in [-0.25, -0.2) is 0 Å². The molecule has 1 aliphatic carbocycles. The Morgan fingerprint density at radius 1 is 1.29 bits per heavy atom. The summed E-state index contributed by atoms with van der Waals surface area (Å²) in [5, 5.41) is 56.9. The molecular formula is C11H17N3O7. The monoisotopic (exact) mass is 303 g/mol. The minimum atomic E-state index is -2.64. The summed E-state index contributed by atoms with van der Waals surface area (Å²) >= 11 is 0. The molecule has 1 unspecified atom stereocenters. The topological polar surface area (TPSA) is 174 Å². The fourth-order valence-corrected chi connectivity index (χ4v) is 4.24. The Balaban J connectivity index is 1.95. The smallest absolute Gasteiger partial charge is 0.343 e. The third-order valence-corrected chi connectivity index (χ3v) is 5.17. The largest absolute Gasteiger partial charge is 0.805 e. The van der Waals surface area contributed by atoms with E-state index in [4.69, 9.17) is 15.2 Å². The molecule has 9 atom stereocenters. The number of ether oxygens (including phenoxy) is 2. The molecule has 0 aromatic carbocycles. The highest BCUT2D eigenvalue weighted by Crippen LogP contribution is 2.56. The van der Waals surface area contributed by atoms with Crippen LogP contribution in [0.15, 0.2) is 0 Å². The van der Waals surface area contributed by atoms with E-state index in [1.807, 2.05) is 0 Å². The zero-order valence-electron chi connectivity index (χ0n) is 11.1. The summed E-state index contributed by atoms with van der Waals surface area (Å²) in [5.41, 5.74) is 2.25. The molecular weight excluding hydrogens is 286 g/mol. The van der Waals surface area contributed by atoms with Gasteiger partial charge in [0.05, 0.1) is 5.92 Å². The number of nitrogens with two attached hydrogens (primary N) is 1. The maximum Gasteiger partial charge on any atom is 0.343 e. The highest BCUT2D eigenvalue weighted by molar-refractivity contribution is 5.74. The van der Waals surface area contributed by atoms with Crippen LogP contribution in [0.25, 0.3) is 0 Å². The average molecular weight is 303 g/mol. The Labute approximate surface area is 118 Å². The van der Waals surface area contributed by atoms with E-state index in [2.05, 4.69) is 10.3 Å². The van der Waals surface area contributed by atoms with Crippen LogP contribution in [0.5, 0.6) is 0 Å². The standard InChI is InChI=1S/C11H16N3O7/c1-9(18)4-2-6(16)13-8(12)14-10(2)3(15)5(9)21-11(19,20-4)7(10)17/h2-7,15-18H,1H3,(H3,12,13,14)/q-1/p+1/t2-,3?,4-,5+,6-,7+,9+,10-,11+/m1/s1. The predicted molar refractivity (Wildman–Crippen MR) is 60.6 cm³/mol. The molecule has 4 heterocycles. The first-order valence-electron chi connectivity index (χ1n) is 6.64. The molecule has 8 N–H and O–H groups in total. The molecule has 10 heteroatoms. The minimum absolute atomic E-state index is 0.0953. The first-order chi connectivity index (χ1) is 9.64. The summed E-state index contributed by atoms with van der Waals surface area (Å²) in [5.74, 6) is -3.74. The van der Waals surface area contributed by atoms with Crippen molar-refractivity contribution in [1.29, 1.82) is 0 Å². The number of aliphatic hydroxyl groups excluding tert-OH is 3. The van der Waals surface area contributed by atoms with Gasteiger partial charge in [0.1, 0.15) is 36.0 Å². The maximum absolute atomic E-state index is 12.5. The molecule has 1 spiro atoms. The molecule has 0 aromatic rings. The highest BCUT2D eigenvalue weighted by Gasteiger charge is 2.81. The minimum Gasteiger partial charge on any atom is -0.805 e. The van der Waals surface area contributed by atoms with Gasteiger partial charge in [0, 0.05) is 0 Å². The molecule has 21 heavy (non-hydrogen) atoms. The number of hydrogen-bond donors (Lipinski definition) is 7. The molecule has 3 saturated heterocycles. The van der Waals surface area contributed by atoms with Crippen molar-refractivity contribution in [2.24, 2.45) is 11.7 Å². The molecule has 4 aliphatic heterocycles. The summed E-state index contributed by atoms with van der Waals surface area (Å²) in [4.78, 5) is 2.51. The zero-order valence-corrected chi connectivity index (χ0v) is 11.1. The lowest BCUT2D eigenvalue weighted by Gasteiger charge is -2.73. The molecule has 4 fully saturated rings. The lowest BCUT2D eigenvalue weighted by atomic mass is 9.55. The zero-order chi connectivity index (χ0) is 15.4. The van der Waals surface area contributed by atoms with E-state index in [1.165, 1.54) is 6.92 Å². The lowest BCUT2D eigenvalue weighted by Crippen LogP contribution is -3.04. The third kappa shape index (κ3) is 1.26. The summed E-state index contributed by atoms with van der Waals surface area (Å²) in [6.45, 7) is 1.35. The Hall–Kier alpha value is -1.01. The van der Waals surface area contributed by atoms with Gasteiger partial charge in [-0.3, -0.25) is 16.0 Å². The van der Waals surface area contributed by atoms with E-state index < -0.39 is 53.7 Å². The van der Waals surface area contributed by atoms with Gasteiger partial charge in [-0.1, -0.05) is 0 Å². The van der Waals surface area contributed by atoms with Crippen LogP contribution in [0.3, 0.4) is 0 Å². The number of guanidine groups is 1. The first kappa shape index (κ1) is 13.6. The van der Waals surface area contributed by atoms with Gasteiger partial charge in [-0.15, -0.1) is 0 Å². The quantitative estimate of drug-likeness (QED) is 0.229. The first-order valence-corrected chi connectivity index (χ1v) is 6.64. The second kappa shape index (κ2) is 3.49. The number of nitrogens with one attached hydrogen (secondary N) is 2. The summed E-state index contributed by atoms with van der Waals surface area (Å²) in [6.07, 6.45) is -7.05. The number of rotatable bonds is 0. The van der Waals surface area contributed by atoms with E-state index in [9.17, 15) is 25.5 Å². The van der Waals surface area contributed by atoms with Crippen molar-refractivity contribution in [3.8, 4) is 0 Å². The van der Waals surface area contributed by atoms with E-state index in [1.54, 1.807) is 0 Å². The maximum atomic E-state index is 12.5. The highest BCUT2D eigenvalue weighted by atomic mass is 16.9. The van der Waals surface area contributed by atoms with Crippen LogP contribution in [-0.4, -0.2) is 74.1 Å². The van der Waals surface area contributed by atoms with Crippen LogP contribution >= 0.6 is 0 Å². The molecule has 5 aliphatic rings. The van der Waals surface area contributed by atoms with Gasteiger partial charge in [-0.05, 0) is 6.92 Å². The van der Waals surface area contributed by atoms with Crippen molar-refractivity contribution in [2.45, 2.75) is 54.7 Å². The number of aliphatic hydroxyl groups is 4. The molecule has 0 amide bonds. The van der Waals surface area contributed by atoms with Gasteiger partial charge >= 0.3 is 5.96 Å². The molecule has 4 bridgehead atoms. The van der Waals surface area contributed by atoms with Crippen LogP contribution < -0.4 is 21.1 Å². The van der Waals surface area contributed by atoms with Crippen LogP contribution in [0.4, 0.5) is 0 Å². The molecule has 0 aromatic heterocycles. The van der Waals surface area contributed by atoms with E-state index in [0.29, 0.717) is 0 Å². The Morgan fingerprint density at radius 3 is 2.57 bits per heavy atom. The summed E-state index contributed by atoms with van der Waals surface area (Å²) in [7, 11) is 0. The van der Waals surface area contributed by atoms with Crippen LogP contribution in [0.1, 0.15) is 6.92 Å². The van der Waals surface area contributed by atoms with Crippen molar-refractivity contribution >= 4 is 5.96 Å². The molecule has 118 valence electrons. The fraction of sp³-hybridized carbons (Fsp3) is 0.909. The summed E-state index contributed by atoms with van der Waals surface area (Å²) < 4.78 is 10.2. The molecule has 1 saturated carbocycles. The van der Waals surface area contributed by atoms with Crippen molar-refractivity contribution in [3.63, 3.8) is 0 Å². The van der Waals surface area contributed by atoms with Crippen molar-refractivity contribution < 1.29 is 40.0 Å². The van der Waals surface area contributed by atoms with E-state index in [-0.39, 0.29) is 5.96 Å². The molecule has 5 rings (SSSR count). The van der Waals surface area contributed by atoms with E-state index >= 15 is 0 Å². The Bertz CT molecular complexity index is 542. The van der Waals surface area contributed by atoms with Crippen LogP contribution in [-0.2, 0) is 9.47 Å². The fourth-order valence-electron chi connectivity index (χ4n) is 4.24. The third-order valence-electron chi connectivity index (χ3n) is 5.17. The SMILES string of the molecule is C[C@]1(O)[C@@H]2O[C@]3([O-])O[C@H]1C(O)[C@@]1(NC(N)=[NH+][C@H](O)[C@@H]21)[C@@H]3O. The Morgan fingerprint density at radius 2 is 1.90 bits per heavy atom. The van der Waals surface area contributed by atoms with E-state index in [0.717, 1.165) is 0 Å². The summed E-state index contributed by atoms with van der Waals surface area (Å²) in [6, 6.07) is 0. The van der Waals surface area contributed by atoms with Gasteiger partial charge in [-0.2, -0.15) is 0 Å². The second-order valence-electron chi connectivity index (χ2n) is 6.34. The van der Waals surface area contributed by atoms with Crippen molar-refractivity contribution in [1.82, 2.24) is 5.32 Å². The normalized spacial score (nSPS) is 64.8. The predicted octanol–water partition coefficient (Wildman–Crippen LogP) is -7.04. The van der Waals surface area contributed by atoms with Crippen LogP contribution in [0.2, 0.25) is 0 Å². The van der Waals surface area contributed by atoms with Gasteiger partial charge in [0.15, 0.2) is 11.8 Å². The lowest BCUT2D eigenvalue weighted by molar-refractivity contribution is -0.718. The van der Waals surface area contributed by atoms with Crippen molar-refractivity contribution in [2.75, 3.05) is 0 Å².